The lowest BCUT2D eigenvalue weighted by Gasteiger charge is -2.12. The fourth-order valence-electron chi connectivity index (χ4n) is 3.01. The van der Waals surface area contributed by atoms with Crippen molar-refractivity contribution in [3.05, 3.63) is 69.6 Å². The van der Waals surface area contributed by atoms with E-state index in [2.05, 4.69) is 10.3 Å². The number of hydrogen-bond donors (Lipinski definition) is 1. The van der Waals surface area contributed by atoms with Crippen molar-refractivity contribution in [1.29, 1.82) is 0 Å². The smallest absolute Gasteiger partial charge is 0.262 e. The second kappa shape index (κ2) is 7.18. The predicted octanol–water partition coefficient (Wildman–Crippen LogP) is 4.01. The van der Waals surface area contributed by atoms with Crippen LogP contribution >= 0.6 is 22.9 Å². The van der Waals surface area contributed by atoms with Crippen molar-refractivity contribution in [2.75, 3.05) is 11.9 Å². The minimum Gasteiger partial charge on any atom is -0.300 e. The van der Waals surface area contributed by atoms with E-state index in [0.29, 0.717) is 21.3 Å². The van der Waals surface area contributed by atoms with Gasteiger partial charge in [-0.3, -0.25) is 19.3 Å². The number of amides is 3. The largest absolute Gasteiger partial charge is 0.300 e. The molecule has 1 aliphatic rings. The van der Waals surface area contributed by atoms with Crippen LogP contribution in [0.3, 0.4) is 0 Å². The van der Waals surface area contributed by atoms with E-state index in [-0.39, 0.29) is 6.54 Å². The quantitative estimate of drug-likeness (QED) is 0.658. The van der Waals surface area contributed by atoms with Crippen LogP contribution in [-0.2, 0) is 4.79 Å². The number of hydrogen-bond acceptors (Lipinski definition) is 5. The third-order valence-electron chi connectivity index (χ3n) is 4.34. The number of benzene rings is 2. The highest BCUT2D eigenvalue weighted by Gasteiger charge is 2.36. The molecule has 3 amide bonds. The van der Waals surface area contributed by atoms with E-state index in [1.54, 1.807) is 36.4 Å². The number of carbonyl (C=O) groups excluding carboxylic acids is 3. The standard InChI is InChI=1S/C20H14ClN3O3S/c1-11-17(12-6-8-13(21)9-7-12)23-20(28-11)22-16(25)10-24-18(26)14-4-2-3-5-15(14)19(24)27/h2-9H,10H2,1H3,(H,22,23,25). The van der Waals surface area contributed by atoms with E-state index in [0.717, 1.165) is 21.0 Å². The summed E-state index contributed by atoms with van der Waals surface area (Å²) in [5.74, 6) is -1.41. The molecule has 3 aromatic rings. The van der Waals surface area contributed by atoms with Gasteiger partial charge in [0, 0.05) is 15.5 Å². The average molecular weight is 412 g/mol. The lowest BCUT2D eigenvalue weighted by atomic mass is 10.1. The molecule has 140 valence electrons. The molecule has 0 aliphatic carbocycles. The third-order valence-corrected chi connectivity index (χ3v) is 5.48. The molecule has 1 N–H and O–H groups in total. The highest BCUT2D eigenvalue weighted by molar-refractivity contribution is 7.16. The Morgan fingerprint density at radius 2 is 1.68 bits per heavy atom. The van der Waals surface area contributed by atoms with Gasteiger partial charge in [-0.15, -0.1) is 11.3 Å². The number of nitrogens with one attached hydrogen (secondary N) is 1. The number of rotatable bonds is 4. The summed E-state index contributed by atoms with van der Waals surface area (Å²) in [5.41, 5.74) is 2.27. The molecular weight excluding hydrogens is 398 g/mol. The Bertz CT molecular complexity index is 1070. The summed E-state index contributed by atoms with van der Waals surface area (Å²) in [6.07, 6.45) is 0. The third kappa shape index (κ3) is 3.30. The zero-order valence-corrected chi connectivity index (χ0v) is 16.3. The maximum Gasteiger partial charge on any atom is 0.262 e. The summed E-state index contributed by atoms with van der Waals surface area (Å²) < 4.78 is 0. The van der Waals surface area contributed by atoms with E-state index < -0.39 is 17.7 Å². The van der Waals surface area contributed by atoms with Gasteiger partial charge in [-0.1, -0.05) is 35.9 Å². The molecule has 0 atom stereocenters. The molecule has 2 aromatic carbocycles. The second-order valence-electron chi connectivity index (χ2n) is 6.22. The van der Waals surface area contributed by atoms with Crippen molar-refractivity contribution in [2.24, 2.45) is 0 Å². The lowest BCUT2D eigenvalue weighted by molar-refractivity contribution is -0.116. The van der Waals surface area contributed by atoms with Crippen molar-refractivity contribution in [1.82, 2.24) is 9.88 Å². The Kier molecular flexibility index (Phi) is 4.70. The number of anilines is 1. The average Bonchev–Trinajstić information content (AvgIpc) is 3.15. The molecule has 0 unspecified atom stereocenters. The van der Waals surface area contributed by atoms with Gasteiger partial charge >= 0.3 is 0 Å². The van der Waals surface area contributed by atoms with Crippen LogP contribution in [0.1, 0.15) is 25.6 Å². The van der Waals surface area contributed by atoms with Gasteiger partial charge in [0.05, 0.1) is 16.8 Å². The molecule has 0 bridgehead atoms. The van der Waals surface area contributed by atoms with Gasteiger partial charge in [0.15, 0.2) is 5.13 Å². The summed E-state index contributed by atoms with van der Waals surface area (Å²) in [6, 6.07) is 13.8. The van der Waals surface area contributed by atoms with Crippen LogP contribution in [0.2, 0.25) is 5.02 Å². The summed E-state index contributed by atoms with van der Waals surface area (Å²) in [5, 5.41) is 3.71. The number of thiazole rings is 1. The number of carbonyl (C=O) groups is 3. The van der Waals surface area contributed by atoms with Gasteiger partial charge in [-0.05, 0) is 31.2 Å². The lowest BCUT2D eigenvalue weighted by Crippen LogP contribution is -2.37. The number of aryl methyl sites for hydroxylation is 1. The molecule has 1 aliphatic heterocycles. The van der Waals surface area contributed by atoms with Crippen LogP contribution in [0.5, 0.6) is 0 Å². The minimum absolute atomic E-state index is 0.315. The fraction of sp³-hybridized carbons (Fsp3) is 0.100. The van der Waals surface area contributed by atoms with Crippen LogP contribution < -0.4 is 5.32 Å². The number of aromatic nitrogens is 1. The first-order chi connectivity index (χ1) is 13.4. The normalized spacial score (nSPS) is 13.0. The Balaban J connectivity index is 1.48. The van der Waals surface area contributed by atoms with Crippen molar-refractivity contribution in [2.45, 2.75) is 6.92 Å². The zero-order valence-electron chi connectivity index (χ0n) is 14.7. The minimum atomic E-state index is -0.481. The molecular formula is C20H14ClN3O3S. The van der Waals surface area contributed by atoms with Gasteiger partial charge in [0.2, 0.25) is 5.91 Å². The maximum absolute atomic E-state index is 12.4. The molecule has 1 aromatic heterocycles. The SMILES string of the molecule is Cc1sc(NC(=O)CN2C(=O)c3ccccc3C2=O)nc1-c1ccc(Cl)cc1. The molecule has 0 radical (unpaired) electrons. The Morgan fingerprint density at radius 1 is 1.07 bits per heavy atom. The summed E-state index contributed by atoms with van der Waals surface area (Å²) in [6.45, 7) is 1.54. The van der Waals surface area contributed by atoms with Gasteiger partial charge in [-0.25, -0.2) is 4.98 Å². The van der Waals surface area contributed by atoms with Gasteiger partial charge < -0.3 is 5.32 Å². The monoisotopic (exact) mass is 411 g/mol. The summed E-state index contributed by atoms with van der Waals surface area (Å²) in [7, 11) is 0. The summed E-state index contributed by atoms with van der Waals surface area (Å²) >= 11 is 7.24. The number of nitrogens with zero attached hydrogens (tertiary/aromatic N) is 2. The summed E-state index contributed by atoms with van der Waals surface area (Å²) in [4.78, 5) is 43.5. The van der Waals surface area contributed by atoms with Crippen LogP contribution in [0.4, 0.5) is 5.13 Å². The molecule has 0 fully saturated rings. The Morgan fingerprint density at radius 3 is 2.29 bits per heavy atom. The van der Waals surface area contributed by atoms with Crippen molar-refractivity contribution in [3.8, 4) is 11.3 Å². The zero-order chi connectivity index (χ0) is 19.8. The first-order valence-electron chi connectivity index (χ1n) is 8.42. The van der Waals surface area contributed by atoms with E-state index in [1.807, 2.05) is 19.1 Å². The molecule has 2 heterocycles. The predicted molar refractivity (Wildman–Crippen MR) is 108 cm³/mol. The Labute approximate surface area is 169 Å². The fourth-order valence-corrected chi connectivity index (χ4v) is 3.99. The van der Waals surface area contributed by atoms with E-state index in [9.17, 15) is 14.4 Å². The molecule has 28 heavy (non-hydrogen) atoms. The van der Waals surface area contributed by atoms with E-state index in [4.69, 9.17) is 11.6 Å². The van der Waals surface area contributed by atoms with Crippen LogP contribution in [-0.4, -0.2) is 34.2 Å². The van der Waals surface area contributed by atoms with Crippen molar-refractivity contribution < 1.29 is 14.4 Å². The highest BCUT2D eigenvalue weighted by Crippen LogP contribution is 2.31. The molecule has 0 saturated carbocycles. The van der Waals surface area contributed by atoms with Crippen molar-refractivity contribution in [3.63, 3.8) is 0 Å². The van der Waals surface area contributed by atoms with E-state index >= 15 is 0 Å². The maximum atomic E-state index is 12.4. The van der Waals surface area contributed by atoms with E-state index in [1.165, 1.54) is 11.3 Å². The Hall–Kier alpha value is -3.03. The highest BCUT2D eigenvalue weighted by atomic mass is 35.5. The van der Waals surface area contributed by atoms with Crippen molar-refractivity contribution >= 4 is 45.8 Å². The molecule has 0 saturated heterocycles. The second-order valence-corrected chi connectivity index (χ2v) is 7.86. The van der Waals surface area contributed by atoms with Gasteiger partial charge in [-0.2, -0.15) is 0 Å². The van der Waals surface area contributed by atoms with Gasteiger partial charge in [0.25, 0.3) is 11.8 Å². The first-order valence-corrected chi connectivity index (χ1v) is 9.62. The van der Waals surface area contributed by atoms with Gasteiger partial charge in [0.1, 0.15) is 6.54 Å². The molecule has 0 spiro atoms. The molecule has 6 nitrogen and oxygen atoms in total. The number of imide groups is 1. The molecule has 4 rings (SSSR count). The first kappa shape index (κ1) is 18.3. The number of halogens is 1. The van der Waals surface area contributed by atoms with Crippen LogP contribution in [0.15, 0.2) is 48.5 Å². The van der Waals surface area contributed by atoms with Crippen LogP contribution in [0, 0.1) is 6.92 Å². The molecule has 8 heteroatoms. The van der Waals surface area contributed by atoms with Crippen LogP contribution in [0.25, 0.3) is 11.3 Å². The number of fused-ring (bicyclic) bond motifs is 1. The topological polar surface area (TPSA) is 79.4 Å².